The normalized spacial score (nSPS) is 7.44. The fraction of sp³-hybridized carbons (Fsp3) is 1.00. The number of rotatable bonds is 8. The quantitative estimate of drug-likeness (QED) is 0.489. The highest BCUT2D eigenvalue weighted by Gasteiger charge is 1.87. The lowest BCUT2D eigenvalue weighted by molar-refractivity contribution is 0.353. The molecule has 0 aliphatic rings. The monoisotopic (exact) mass is 372 g/mol. The summed E-state index contributed by atoms with van der Waals surface area (Å²) in [6.07, 6.45) is 3.77. The van der Waals surface area contributed by atoms with Crippen LogP contribution in [-0.4, -0.2) is 63.7 Å². The molecule has 1 N–H and O–H groups in total. The Hall–Kier alpha value is -0.120. The summed E-state index contributed by atoms with van der Waals surface area (Å²) in [5.41, 5.74) is 0. The van der Waals surface area contributed by atoms with E-state index in [2.05, 4.69) is 63.8 Å². The van der Waals surface area contributed by atoms with E-state index in [9.17, 15) is 0 Å². The van der Waals surface area contributed by atoms with Gasteiger partial charge in [-0.25, -0.2) is 0 Å². The average Bonchev–Trinajstić information content (AvgIpc) is 2.41. The molecule has 0 aromatic rings. The summed E-state index contributed by atoms with van der Waals surface area (Å²) in [6, 6.07) is 0. The van der Waals surface area contributed by atoms with Crippen LogP contribution in [0.25, 0.3) is 0 Å². The predicted octanol–water partition coefficient (Wildman–Crippen LogP) is 7.13. The van der Waals surface area contributed by atoms with Crippen LogP contribution < -0.4 is 5.32 Å². The lowest BCUT2D eigenvalue weighted by Crippen LogP contribution is -2.17. The minimum absolute atomic E-state index is 0. The van der Waals surface area contributed by atoms with Gasteiger partial charge in [-0.05, 0) is 73.1 Å². The van der Waals surface area contributed by atoms with Crippen LogP contribution in [-0.2, 0) is 0 Å². The molecule has 0 aliphatic carbocycles. The summed E-state index contributed by atoms with van der Waals surface area (Å²) in [6.45, 7) is 16.9. The SMILES string of the molecule is C.C.C.C.C.C.CCCN(C)CC.CCCN(C)CC.CCCNC. The van der Waals surface area contributed by atoms with Gasteiger partial charge in [0.1, 0.15) is 0 Å². The predicted molar refractivity (Wildman–Crippen MR) is 132 cm³/mol. The van der Waals surface area contributed by atoms with Gasteiger partial charge in [0.2, 0.25) is 0 Å². The van der Waals surface area contributed by atoms with E-state index in [1.165, 1.54) is 45.4 Å². The van der Waals surface area contributed by atoms with Gasteiger partial charge in [0.25, 0.3) is 0 Å². The highest BCUT2D eigenvalue weighted by Crippen LogP contribution is 1.82. The average molecular weight is 372 g/mol. The standard InChI is InChI=1S/2C6H15N.C4H11N.6CH4/c2*1-4-6-7(3)5-2;1-3-4-5-2;;;;;;/h2*4-6H2,1-3H3;5H,3-4H2,1-2H3;6*1H4. The van der Waals surface area contributed by atoms with Gasteiger partial charge in [0.15, 0.2) is 0 Å². The Morgan fingerprint density at radius 2 is 0.840 bits per heavy atom. The molecule has 0 rings (SSSR count). The van der Waals surface area contributed by atoms with E-state index in [4.69, 9.17) is 0 Å². The van der Waals surface area contributed by atoms with Crippen LogP contribution in [0.4, 0.5) is 0 Å². The summed E-state index contributed by atoms with van der Waals surface area (Å²) in [7, 11) is 6.25. The molecule has 3 heteroatoms. The highest BCUT2D eigenvalue weighted by atomic mass is 15.1. The second-order valence-corrected chi connectivity index (χ2v) is 4.90. The molecule has 3 nitrogen and oxygen atoms in total. The molecule has 0 amide bonds. The van der Waals surface area contributed by atoms with Gasteiger partial charge in [-0.15, -0.1) is 0 Å². The van der Waals surface area contributed by atoms with Gasteiger partial charge in [-0.2, -0.15) is 0 Å². The molecule has 0 aliphatic heterocycles. The van der Waals surface area contributed by atoms with Crippen molar-refractivity contribution in [3.05, 3.63) is 0 Å². The number of hydrogen-bond donors (Lipinski definition) is 1. The largest absolute Gasteiger partial charge is 0.320 e. The molecule has 0 heterocycles. The summed E-state index contributed by atoms with van der Waals surface area (Å²) < 4.78 is 0. The third-order valence-corrected chi connectivity index (χ3v) is 2.79. The molecule has 0 atom stereocenters. The minimum atomic E-state index is 0. The number of nitrogens with zero attached hydrogens (tertiary/aromatic N) is 2. The molecule has 0 saturated carbocycles. The van der Waals surface area contributed by atoms with Crippen molar-refractivity contribution in [3.8, 4) is 0 Å². The van der Waals surface area contributed by atoms with Crippen LogP contribution >= 0.6 is 0 Å². The van der Waals surface area contributed by atoms with Crippen LogP contribution in [0.5, 0.6) is 0 Å². The van der Waals surface area contributed by atoms with Crippen molar-refractivity contribution in [3.63, 3.8) is 0 Å². The maximum atomic E-state index is 3.02. The summed E-state index contributed by atoms with van der Waals surface area (Å²) in [5.74, 6) is 0. The topological polar surface area (TPSA) is 18.5 Å². The molecule has 0 saturated heterocycles. The van der Waals surface area contributed by atoms with Gasteiger partial charge < -0.3 is 15.1 Å². The fourth-order valence-electron chi connectivity index (χ4n) is 1.33. The second kappa shape index (κ2) is 56.5. The Morgan fingerprint density at radius 3 is 0.880 bits per heavy atom. The minimum Gasteiger partial charge on any atom is -0.320 e. The first-order valence-corrected chi connectivity index (χ1v) is 8.05. The Balaban J connectivity index is -0.0000000198. The Kier molecular flexibility index (Phi) is 127. The van der Waals surface area contributed by atoms with E-state index >= 15 is 0 Å². The highest BCUT2D eigenvalue weighted by molar-refractivity contribution is 4.42. The second-order valence-electron chi connectivity index (χ2n) is 4.90. The third kappa shape index (κ3) is 81.0. The molecule has 0 unspecified atom stereocenters. The zero-order chi connectivity index (χ0) is 15.5. The molecular formula is C22H65N3. The summed E-state index contributed by atoms with van der Waals surface area (Å²) in [5, 5.41) is 3.02. The van der Waals surface area contributed by atoms with Crippen LogP contribution in [0.1, 0.15) is 98.4 Å². The first-order chi connectivity index (χ1) is 9.03. The van der Waals surface area contributed by atoms with E-state index in [1.807, 2.05) is 7.05 Å². The van der Waals surface area contributed by atoms with E-state index in [0.717, 1.165) is 6.54 Å². The lowest BCUT2D eigenvalue weighted by atomic mass is 10.4. The molecular weight excluding hydrogens is 306 g/mol. The van der Waals surface area contributed by atoms with Crippen LogP contribution in [0, 0.1) is 0 Å². The van der Waals surface area contributed by atoms with Crippen molar-refractivity contribution in [2.45, 2.75) is 98.4 Å². The van der Waals surface area contributed by atoms with E-state index in [0.29, 0.717) is 0 Å². The first-order valence-electron chi connectivity index (χ1n) is 8.05. The molecule has 0 radical (unpaired) electrons. The lowest BCUT2D eigenvalue weighted by Gasteiger charge is -2.10. The third-order valence-electron chi connectivity index (χ3n) is 2.79. The Morgan fingerprint density at radius 1 is 0.560 bits per heavy atom. The van der Waals surface area contributed by atoms with Crippen LogP contribution in [0.2, 0.25) is 0 Å². The van der Waals surface area contributed by atoms with Crippen molar-refractivity contribution in [1.82, 2.24) is 15.1 Å². The van der Waals surface area contributed by atoms with Gasteiger partial charge >= 0.3 is 0 Å². The maximum Gasteiger partial charge on any atom is -0.00245 e. The molecule has 25 heavy (non-hydrogen) atoms. The molecule has 168 valence electrons. The smallest absolute Gasteiger partial charge is 0.00245 e. The van der Waals surface area contributed by atoms with Crippen molar-refractivity contribution in [2.24, 2.45) is 0 Å². The molecule has 0 aromatic heterocycles. The van der Waals surface area contributed by atoms with Crippen molar-refractivity contribution >= 4 is 0 Å². The Bertz CT molecular complexity index is 116. The van der Waals surface area contributed by atoms with E-state index in [1.54, 1.807) is 0 Å². The zero-order valence-corrected chi connectivity index (χ0v) is 15.1. The van der Waals surface area contributed by atoms with Crippen molar-refractivity contribution in [1.29, 1.82) is 0 Å². The first kappa shape index (κ1) is 56.3. The van der Waals surface area contributed by atoms with Crippen LogP contribution in [0.15, 0.2) is 0 Å². The molecule has 0 bridgehead atoms. The van der Waals surface area contributed by atoms with Gasteiger partial charge in [-0.3, -0.25) is 0 Å². The Labute approximate surface area is 168 Å². The summed E-state index contributed by atoms with van der Waals surface area (Å²) in [4.78, 5) is 4.61. The number of hydrogen-bond acceptors (Lipinski definition) is 3. The van der Waals surface area contributed by atoms with E-state index < -0.39 is 0 Å². The van der Waals surface area contributed by atoms with Crippen LogP contribution in [0.3, 0.4) is 0 Å². The van der Waals surface area contributed by atoms with E-state index in [-0.39, 0.29) is 44.6 Å². The molecule has 0 spiro atoms. The molecule has 0 aromatic carbocycles. The maximum absolute atomic E-state index is 3.02. The zero-order valence-electron chi connectivity index (χ0n) is 15.1. The van der Waals surface area contributed by atoms with Gasteiger partial charge in [-0.1, -0.05) is 79.2 Å². The van der Waals surface area contributed by atoms with Gasteiger partial charge in [0.05, 0.1) is 0 Å². The summed E-state index contributed by atoms with van der Waals surface area (Å²) >= 11 is 0. The van der Waals surface area contributed by atoms with Gasteiger partial charge in [0, 0.05) is 0 Å². The molecule has 0 fully saturated rings. The van der Waals surface area contributed by atoms with Crippen molar-refractivity contribution in [2.75, 3.05) is 53.9 Å². The van der Waals surface area contributed by atoms with Crippen molar-refractivity contribution < 1.29 is 0 Å². The fourth-order valence-corrected chi connectivity index (χ4v) is 1.33. The number of nitrogens with one attached hydrogen (secondary N) is 1.